The Labute approximate surface area is 129 Å². The van der Waals surface area contributed by atoms with Gasteiger partial charge in [0.1, 0.15) is 0 Å². The van der Waals surface area contributed by atoms with E-state index in [4.69, 9.17) is 4.74 Å². The lowest BCUT2D eigenvalue weighted by atomic mass is 9.90. The lowest BCUT2D eigenvalue weighted by Gasteiger charge is -2.34. The molecule has 0 aliphatic carbocycles. The minimum atomic E-state index is 0.0670. The number of piperidine rings is 1. The van der Waals surface area contributed by atoms with Crippen LogP contribution < -0.4 is 5.32 Å². The molecule has 1 unspecified atom stereocenters. The van der Waals surface area contributed by atoms with Gasteiger partial charge in [-0.3, -0.25) is 0 Å². The van der Waals surface area contributed by atoms with E-state index >= 15 is 0 Å². The molecule has 1 atom stereocenters. The summed E-state index contributed by atoms with van der Waals surface area (Å²) >= 11 is 1.63. The molecule has 0 saturated carbocycles. The van der Waals surface area contributed by atoms with Crippen molar-refractivity contribution in [3.05, 3.63) is 16.6 Å². The minimum absolute atomic E-state index is 0.0670. The normalized spacial score (nSPS) is 23.4. The smallest absolute Gasteiger partial charge is 0.317 e. The summed E-state index contributed by atoms with van der Waals surface area (Å²) in [6, 6.07) is 0.0670. The fraction of sp³-hybridized carbons (Fsp3) is 0.733. The highest BCUT2D eigenvalue weighted by Crippen LogP contribution is 2.28. The zero-order valence-corrected chi connectivity index (χ0v) is 13.1. The summed E-state index contributed by atoms with van der Waals surface area (Å²) in [4.78, 5) is 18.3. The number of carbonyl (C=O) groups excluding carboxylic acids is 1. The van der Waals surface area contributed by atoms with E-state index in [1.807, 2.05) is 10.3 Å². The van der Waals surface area contributed by atoms with Crippen LogP contribution in [-0.2, 0) is 11.2 Å². The van der Waals surface area contributed by atoms with Gasteiger partial charge in [0.2, 0.25) is 0 Å². The third-order valence-corrected chi connectivity index (χ3v) is 5.26. The van der Waals surface area contributed by atoms with E-state index in [2.05, 4.69) is 10.3 Å². The van der Waals surface area contributed by atoms with Gasteiger partial charge in [0.15, 0.2) is 0 Å². The molecule has 1 N–H and O–H groups in total. The van der Waals surface area contributed by atoms with E-state index < -0.39 is 0 Å². The Balaban J connectivity index is 1.36. The van der Waals surface area contributed by atoms with Crippen LogP contribution in [0.2, 0.25) is 0 Å². The van der Waals surface area contributed by atoms with Gasteiger partial charge in [-0.25, -0.2) is 9.78 Å². The summed E-state index contributed by atoms with van der Waals surface area (Å²) in [5, 5.41) is 6.04. The molecular formula is C15H23N3O2S. The standard InChI is InChI=1S/C15H23N3O2S/c19-15(17-6-3-14-16-7-11-21-14)18-8-4-12(5-9-18)13-2-1-10-20-13/h7,11-13H,1-6,8-10H2,(H,17,19). The number of amides is 2. The number of thiazole rings is 1. The van der Waals surface area contributed by atoms with Gasteiger partial charge in [0.25, 0.3) is 0 Å². The van der Waals surface area contributed by atoms with Crippen LogP contribution in [0, 0.1) is 5.92 Å². The average molecular weight is 309 g/mol. The molecule has 3 rings (SSSR count). The molecule has 0 radical (unpaired) electrons. The fourth-order valence-corrected chi connectivity index (χ4v) is 3.83. The van der Waals surface area contributed by atoms with Gasteiger partial charge in [0, 0.05) is 44.2 Å². The van der Waals surface area contributed by atoms with Crippen LogP contribution in [-0.4, -0.2) is 48.3 Å². The SMILES string of the molecule is O=C(NCCc1nccs1)N1CCC(C2CCCO2)CC1. The number of carbonyl (C=O) groups is 1. The van der Waals surface area contributed by atoms with Gasteiger partial charge >= 0.3 is 6.03 Å². The van der Waals surface area contributed by atoms with Gasteiger partial charge in [-0.1, -0.05) is 0 Å². The van der Waals surface area contributed by atoms with E-state index in [9.17, 15) is 4.79 Å². The number of likely N-dealkylation sites (tertiary alicyclic amines) is 1. The largest absolute Gasteiger partial charge is 0.378 e. The number of ether oxygens (including phenoxy) is 1. The summed E-state index contributed by atoms with van der Waals surface area (Å²) in [5.41, 5.74) is 0. The molecule has 1 aromatic rings. The van der Waals surface area contributed by atoms with Crippen molar-refractivity contribution in [3.8, 4) is 0 Å². The summed E-state index contributed by atoms with van der Waals surface area (Å²) in [5.74, 6) is 0.645. The van der Waals surface area contributed by atoms with E-state index in [0.717, 1.165) is 44.0 Å². The van der Waals surface area contributed by atoms with Gasteiger partial charge in [-0.05, 0) is 31.6 Å². The van der Waals surface area contributed by atoms with Gasteiger partial charge in [0.05, 0.1) is 11.1 Å². The molecule has 5 nitrogen and oxygen atoms in total. The van der Waals surface area contributed by atoms with Crippen molar-refractivity contribution in [1.82, 2.24) is 15.2 Å². The number of urea groups is 1. The number of hydrogen-bond donors (Lipinski definition) is 1. The Kier molecular flexibility index (Phi) is 5.08. The van der Waals surface area contributed by atoms with Gasteiger partial charge in [-0.2, -0.15) is 0 Å². The quantitative estimate of drug-likeness (QED) is 0.928. The van der Waals surface area contributed by atoms with Crippen LogP contribution >= 0.6 is 11.3 Å². The average Bonchev–Trinajstić information content (AvgIpc) is 3.21. The zero-order valence-electron chi connectivity index (χ0n) is 12.3. The minimum Gasteiger partial charge on any atom is -0.378 e. The molecule has 3 heterocycles. The Bertz CT molecular complexity index is 438. The lowest BCUT2D eigenvalue weighted by Crippen LogP contribution is -2.46. The highest BCUT2D eigenvalue weighted by Gasteiger charge is 2.30. The lowest BCUT2D eigenvalue weighted by molar-refractivity contribution is 0.0373. The van der Waals surface area contributed by atoms with Crippen LogP contribution in [0.25, 0.3) is 0 Å². The third kappa shape index (κ3) is 3.95. The second-order valence-electron chi connectivity index (χ2n) is 5.78. The van der Waals surface area contributed by atoms with Crippen molar-refractivity contribution < 1.29 is 9.53 Å². The van der Waals surface area contributed by atoms with Crippen LogP contribution in [0.1, 0.15) is 30.7 Å². The first kappa shape index (κ1) is 14.8. The number of rotatable bonds is 4. The third-order valence-electron chi connectivity index (χ3n) is 4.42. The summed E-state index contributed by atoms with van der Waals surface area (Å²) in [6.45, 7) is 3.29. The van der Waals surface area contributed by atoms with Crippen molar-refractivity contribution in [1.29, 1.82) is 0 Å². The molecule has 0 spiro atoms. The molecule has 116 valence electrons. The van der Waals surface area contributed by atoms with Crippen LogP contribution in [0.15, 0.2) is 11.6 Å². The monoisotopic (exact) mass is 309 g/mol. The van der Waals surface area contributed by atoms with Crippen molar-refractivity contribution in [2.24, 2.45) is 5.92 Å². The maximum Gasteiger partial charge on any atom is 0.317 e. The molecule has 21 heavy (non-hydrogen) atoms. The maximum absolute atomic E-state index is 12.1. The first-order valence-corrected chi connectivity index (χ1v) is 8.73. The highest BCUT2D eigenvalue weighted by molar-refractivity contribution is 7.09. The van der Waals surface area contributed by atoms with Crippen molar-refractivity contribution in [3.63, 3.8) is 0 Å². The Hall–Kier alpha value is -1.14. The summed E-state index contributed by atoms with van der Waals surface area (Å²) in [7, 11) is 0. The van der Waals surface area contributed by atoms with Crippen molar-refractivity contribution in [2.45, 2.75) is 38.2 Å². The molecule has 1 aromatic heterocycles. The van der Waals surface area contributed by atoms with E-state index in [1.165, 1.54) is 12.8 Å². The molecule has 2 fully saturated rings. The molecule has 6 heteroatoms. The Morgan fingerprint density at radius 1 is 1.43 bits per heavy atom. The highest BCUT2D eigenvalue weighted by atomic mass is 32.1. The van der Waals surface area contributed by atoms with Crippen LogP contribution in [0.5, 0.6) is 0 Å². The molecule has 0 aromatic carbocycles. The second-order valence-corrected chi connectivity index (χ2v) is 6.76. The van der Waals surface area contributed by atoms with Gasteiger partial charge < -0.3 is 15.0 Å². The zero-order chi connectivity index (χ0) is 14.5. The second kappa shape index (κ2) is 7.22. The van der Waals surface area contributed by atoms with E-state index in [0.29, 0.717) is 18.6 Å². The predicted molar refractivity (Wildman–Crippen MR) is 82.5 cm³/mol. The molecule has 2 saturated heterocycles. The summed E-state index contributed by atoms with van der Waals surface area (Å²) < 4.78 is 5.77. The number of nitrogens with zero attached hydrogens (tertiary/aromatic N) is 2. The fourth-order valence-electron chi connectivity index (χ4n) is 3.21. The topological polar surface area (TPSA) is 54.5 Å². The molecule has 0 bridgehead atoms. The Morgan fingerprint density at radius 3 is 2.95 bits per heavy atom. The molecular weight excluding hydrogens is 286 g/mol. The molecule has 2 aliphatic rings. The van der Waals surface area contributed by atoms with Crippen LogP contribution in [0.4, 0.5) is 4.79 Å². The van der Waals surface area contributed by atoms with Crippen LogP contribution in [0.3, 0.4) is 0 Å². The van der Waals surface area contributed by atoms with Crippen molar-refractivity contribution >= 4 is 17.4 Å². The van der Waals surface area contributed by atoms with Gasteiger partial charge in [-0.15, -0.1) is 11.3 Å². The predicted octanol–water partition coefficient (Wildman–Crippen LogP) is 2.29. The molecule has 2 amide bonds. The van der Waals surface area contributed by atoms with Crippen molar-refractivity contribution in [2.75, 3.05) is 26.2 Å². The number of hydrogen-bond acceptors (Lipinski definition) is 4. The maximum atomic E-state index is 12.1. The molecule has 2 aliphatic heterocycles. The van der Waals surface area contributed by atoms with E-state index in [-0.39, 0.29) is 6.03 Å². The number of aromatic nitrogens is 1. The number of nitrogens with one attached hydrogen (secondary N) is 1. The summed E-state index contributed by atoms with van der Waals surface area (Å²) in [6.07, 6.45) is 7.61. The van der Waals surface area contributed by atoms with E-state index in [1.54, 1.807) is 17.5 Å². The Morgan fingerprint density at radius 2 is 2.29 bits per heavy atom. The first-order chi connectivity index (χ1) is 10.3. The first-order valence-electron chi connectivity index (χ1n) is 7.85.